The minimum atomic E-state index is -0.981. The molecule has 1 fully saturated rings. The fourth-order valence-electron chi connectivity index (χ4n) is 4.72. The highest BCUT2D eigenvalue weighted by atomic mass is 16.5. The number of carbonyl (C=O) groups excluding carboxylic acids is 4. The van der Waals surface area contributed by atoms with Crippen molar-refractivity contribution in [2.75, 3.05) is 10.2 Å². The minimum absolute atomic E-state index is 0.231. The zero-order valence-electron chi connectivity index (χ0n) is 19.5. The summed E-state index contributed by atoms with van der Waals surface area (Å²) in [5.74, 6) is -3.45. The molecule has 1 aliphatic rings. The third-order valence-electron chi connectivity index (χ3n) is 6.51. The number of fused-ring (bicyclic) bond motifs is 1. The SMILES string of the molecule is CCC(=O)Nc1cc2ccccc2cc1N(C(=O)[C@@H]1CCCC[C@H]1C(=O)NO)[C@@H](CC)C(N)=O. The summed E-state index contributed by atoms with van der Waals surface area (Å²) in [5, 5.41) is 13.7. The van der Waals surface area contributed by atoms with Crippen molar-refractivity contribution in [3.05, 3.63) is 36.4 Å². The van der Waals surface area contributed by atoms with Gasteiger partial charge in [-0.05, 0) is 42.2 Å². The van der Waals surface area contributed by atoms with E-state index in [0.717, 1.165) is 23.6 Å². The first kappa shape index (κ1) is 25.2. The van der Waals surface area contributed by atoms with Gasteiger partial charge in [-0.25, -0.2) is 5.48 Å². The molecule has 182 valence electrons. The molecular weight excluding hydrogens is 436 g/mol. The molecule has 1 aliphatic carbocycles. The van der Waals surface area contributed by atoms with Crippen LogP contribution in [-0.4, -0.2) is 34.9 Å². The molecule has 0 heterocycles. The highest BCUT2D eigenvalue weighted by Crippen LogP contribution is 2.38. The Labute approximate surface area is 198 Å². The fraction of sp³-hybridized carbons (Fsp3) is 0.440. The number of primary amides is 1. The van der Waals surface area contributed by atoms with Crippen molar-refractivity contribution >= 4 is 45.8 Å². The van der Waals surface area contributed by atoms with Crippen LogP contribution < -0.4 is 21.4 Å². The summed E-state index contributed by atoms with van der Waals surface area (Å²) in [7, 11) is 0. The van der Waals surface area contributed by atoms with Crippen LogP contribution >= 0.6 is 0 Å². The number of nitrogens with zero attached hydrogens (tertiary/aromatic N) is 1. The van der Waals surface area contributed by atoms with Crippen molar-refractivity contribution < 1.29 is 24.4 Å². The smallest absolute Gasteiger partial charge is 0.247 e. The van der Waals surface area contributed by atoms with Gasteiger partial charge in [0.25, 0.3) is 0 Å². The number of nitrogens with two attached hydrogens (primary N) is 1. The van der Waals surface area contributed by atoms with Crippen LogP contribution in [0, 0.1) is 11.8 Å². The molecule has 0 saturated heterocycles. The van der Waals surface area contributed by atoms with Gasteiger partial charge in [-0.15, -0.1) is 0 Å². The van der Waals surface area contributed by atoms with Crippen LogP contribution in [0.2, 0.25) is 0 Å². The van der Waals surface area contributed by atoms with E-state index in [-0.39, 0.29) is 18.7 Å². The van der Waals surface area contributed by atoms with Crippen LogP contribution in [0.4, 0.5) is 11.4 Å². The second-order valence-corrected chi connectivity index (χ2v) is 8.63. The van der Waals surface area contributed by atoms with E-state index in [1.54, 1.807) is 31.5 Å². The van der Waals surface area contributed by atoms with Crippen LogP contribution in [0.25, 0.3) is 10.8 Å². The molecule has 0 unspecified atom stereocenters. The number of nitrogens with one attached hydrogen (secondary N) is 2. The van der Waals surface area contributed by atoms with Gasteiger partial charge in [0.05, 0.1) is 23.2 Å². The van der Waals surface area contributed by atoms with Crippen molar-refractivity contribution in [3.8, 4) is 0 Å². The maximum absolute atomic E-state index is 14.0. The van der Waals surface area contributed by atoms with Crippen molar-refractivity contribution in [2.24, 2.45) is 17.6 Å². The molecule has 2 aromatic rings. The maximum Gasteiger partial charge on any atom is 0.247 e. The van der Waals surface area contributed by atoms with Gasteiger partial charge < -0.3 is 11.1 Å². The monoisotopic (exact) mass is 468 g/mol. The number of hydrogen-bond acceptors (Lipinski definition) is 5. The summed E-state index contributed by atoms with van der Waals surface area (Å²) in [5.41, 5.74) is 8.14. The first-order chi connectivity index (χ1) is 16.3. The van der Waals surface area contributed by atoms with Crippen molar-refractivity contribution in [2.45, 2.75) is 58.4 Å². The molecule has 2 aromatic carbocycles. The molecule has 0 radical (unpaired) electrons. The van der Waals surface area contributed by atoms with Gasteiger partial charge in [-0.2, -0.15) is 0 Å². The lowest BCUT2D eigenvalue weighted by molar-refractivity contribution is -0.141. The molecular formula is C25H32N4O5. The molecule has 5 N–H and O–H groups in total. The maximum atomic E-state index is 14.0. The Morgan fingerprint density at radius 3 is 2.24 bits per heavy atom. The quantitative estimate of drug-likeness (QED) is 0.348. The second-order valence-electron chi connectivity index (χ2n) is 8.63. The van der Waals surface area contributed by atoms with Crippen LogP contribution in [-0.2, 0) is 19.2 Å². The Kier molecular flexibility index (Phi) is 8.22. The van der Waals surface area contributed by atoms with Gasteiger partial charge in [0.2, 0.25) is 23.6 Å². The Bertz CT molecular complexity index is 1090. The average Bonchev–Trinajstić information content (AvgIpc) is 2.85. The zero-order valence-corrected chi connectivity index (χ0v) is 19.5. The van der Waals surface area contributed by atoms with Gasteiger partial charge in [0.15, 0.2) is 0 Å². The van der Waals surface area contributed by atoms with Crippen LogP contribution in [0.1, 0.15) is 52.4 Å². The van der Waals surface area contributed by atoms with E-state index in [1.807, 2.05) is 24.3 Å². The number of anilines is 2. The van der Waals surface area contributed by atoms with Crippen LogP contribution in [0.15, 0.2) is 36.4 Å². The summed E-state index contributed by atoms with van der Waals surface area (Å²) >= 11 is 0. The van der Waals surface area contributed by atoms with Gasteiger partial charge in [0, 0.05) is 6.42 Å². The number of benzene rings is 2. The fourth-order valence-corrected chi connectivity index (χ4v) is 4.72. The molecule has 3 atom stereocenters. The first-order valence-corrected chi connectivity index (χ1v) is 11.7. The van der Waals surface area contributed by atoms with E-state index in [0.29, 0.717) is 24.2 Å². The lowest BCUT2D eigenvalue weighted by Gasteiger charge is -2.37. The van der Waals surface area contributed by atoms with Crippen LogP contribution in [0.3, 0.4) is 0 Å². The molecule has 0 aromatic heterocycles. The largest absolute Gasteiger partial charge is 0.368 e. The van der Waals surface area contributed by atoms with E-state index in [4.69, 9.17) is 5.73 Å². The number of amides is 4. The minimum Gasteiger partial charge on any atom is -0.368 e. The Balaban J connectivity index is 2.19. The van der Waals surface area contributed by atoms with E-state index in [2.05, 4.69) is 5.32 Å². The standard InChI is InChI=1S/C25H32N4O5/c1-3-20(23(26)31)29(25(33)18-12-8-7-11-17(18)24(32)28-34)21-14-16-10-6-5-9-15(16)13-19(21)27-22(30)4-2/h5-6,9-10,13-14,17-18,20,34H,3-4,7-8,11-12H2,1-2H3,(H2,26,31)(H,27,30)(H,28,32)/t17-,18-,20+/m1/s1. The van der Waals surface area contributed by atoms with Crippen molar-refractivity contribution in [3.63, 3.8) is 0 Å². The number of hydrogen-bond donors (Lipinski definition) is 4. The van der Waals surface area contributed by atoms with Crippen LogP contribution in [0.5, 0.6) is 0 Å². The molecule has 0 aliphatic heterocycles. The van der Waals surface area contributed by atoms with Gasteiger partial charge in [-0.1, -0.05) is 51.0 Å². The van der Waals surface area contributed by atoms with E-state index in [1.165, 1.54) is 4.90 Å². The normalized spacial score (nSPS) is 18.7. The lowest BCUT2D eigenvalue weighted by atomic mass is 9.77. The highest BCUT2D eigenvalue weighted by Gasteiger charge is 2.41. The summed E-state index contributed by atoms with van der Waals surface area (Å²) in [6.07, 6.45) is 2.86. The predicted molar refractivity (Wildman–Crippen MR) is 129 cm³/mol. The molecule has 0 bridgehead atoms. The Morgan fingerprint density at radius 2 is 1.68 bits per heavy atom. The lowest BCUT2D eigenvalue weighted by Crippen LogP contribution is -2.53. The molecule has 34 heavy (non-hydrogen) atoms. The van der Waals surface area contributed by atoms with Gasteiger partial charge in [-0.3, -0.25) is 29.3 Å². The zero-order chi connectivity index (χ0) is 24.8. The summed E-state index contributed by atoms with van der Waals surface area (Å²) in [6.45, 7) is 3.47. The van der Waals surface area contributed by atoms with Gasteiger partial charge >= 0.3 is 0 Å². The number of hydroxylamine groups is 1. The topological polar surface area (TPSA) is 142 Å². The van der Waals surface area contributed by atoms with Gasteiger partial charge in [0.1, 0.15) is 6.04 Å². The summed E-state index contributed by atoms with van der Waals surface area (Å²) in [4.78, 5) is 52.5. The van der Waals surface area contributed by atoms with Crippen molar-refractivity contribution in [1.29, 1.82) is 0 Å². The molecule has 9 nitrogen and oxygen atoms in total. The summed E-state index contributed by atoms with van der Waals surface area (Å²) in [6, 6.07) is 10.0. The van der Waals surface area contributed by atoms with E-state index >= 15 is 0 Å². The average molecular weight is 469 g/mol. The third kappa shape index (κ3) is 5.20. The Hall–Kier alpha value is -3.46. The first-order valence-electron chi connectivity index (χ1n) is 11.7. The predicted octanol–water partition coefficient (Wildman–Crippen LogP) is 3.10. The molecule has 9 heteroatoms. The third-order valence-corrected chi connectivity index (χ3v) is 6.51. The van der Waals surface area contributed by atoms with Crippen molar-refractivity contribution in [1.82, 2.24) is 5.48 Å². The molecule has 0 spiro atoms. The molecule has 3 rings (SSSR count). The highest BCUT2D eigenvalue weighted by molar-refractivity contribution is 6.09. The van der Waals surface area contributed by atoms with E-state index in [9.17, 15) is 24.4 Å². The number of carbonyl (C=O) groups is 4. The number of rotatable bonds is 8. The second kappa shape index (κ2) is 11.1. The summed E-state index contributed by atoms with van der Waals surface area (Å²) < 4.78 is 0. The van der Waals surface area contributed by atoms with E-state index < -0.39 is 35.6 Å². The molecule has 4 amide bonds. The molecule has 1 saturated carbocycles. The Morgan fingerprint density at radius 1 is 1.06 bits per heavy atom.